The third kappa shape index (κ3) is 2.72. The van der Waals surface area contributed by atoms with E-state index in [4.69, 9.17) is 16.3 Å². The van der Waals surface area contributed by atoms with Gasteiger partial charge in [0, 0.05) is 10.6 Å². The normalized spacial score (nSPS) is 12.3. The molecular weight excluding hydrogens is 267 g/mol. The maximum atomic E-state index is 13.8. The molecule has 2 rings (SSSR count). The molecule has 0 heterocycles. The lowest BCUT2D eigenvalue weighted by Crippen LogP contribution is -2.04. The van der Waals surface area contributed by atoms with Crippen molar-refractivity contribution in [1.29, 1.82) is 0 Å². The molecular formula is C15H14ClFO2. The van der Waals surface area contributed by atoms with Crippen molar-refractivity contribution in [2.24, 2.45) is 0 Å². The summed E-state index contributed by atoms with van der Waals surface area (Å²) in [5, 5.41) is 10.5. The Morgan fingerprint density at radius 3 is 2.58 bits per heavy atom. The van der Waals surface area contributed by atoms with Gasteiger partial charge in [-0.1, -0.05) is 23.7 Å². The average Bonchev–Trinajstić information content (AvgIpc) is 2.38. The molecule has 0 aliphatic rings. The van der Waals surface area contributed by atoms with E-state index < -0.39 is 11.9 Å². The first-order chi connectivity index (χ1) is 9.04. The van der Waals surface area contributed by atoms with Crippen LogP contribution in [0.4, 0.5) is 4.39 Å². The lowest BCUT2D eigenvalue weighted by molar-refractivity contribution is 0.215. The summed E-state index contributed by atoms with van der Waals surface area (Å²) in [6.07, 6.45) is -1.10. The molecule has 100 valence electrons. The molecule has 0 amide bonds. The summed E-state index contributed by atoms with van der Waals surface area (Å²) in [4.78, 5) is 0. The molecule has 1 N–H and O–H groups in total. The van der Waals surface area contributed by atoms with E-state index >= 15 is 0 Å². The maximum absolute atomic E-state index is 13.8. The minimum absolute atomic E-state index is 0.0914. The van der Waals surface area contributed by atoms with Crippen LogP contribution in [-0.2, 0) is 0 Å². The van der Waals surface area contributed by atoms with Gasteiger partial charge in [0.15, 0.2) is 0 Å². The largest absolute Gasteiger partial charge is 0.496 e. The van der Waals surface area contributed by atoms with Crippen molar-refractivity contribution < 1.29 is 14.2 Å². The number of methoxy groups -OCH3 is 1. The molecule has 0 aromatic heterocycles. The van der Waals surface area contributed by atoms with Gasteiger partial charge in [0.1, 0.15) is 17.7 Å². The fourth-order valence-corrected chi connectivity index (χ4v) is 2.28. The number of aliphatic hydroxyl groups is 1. The molecule has 0 bridgehead atoms. The molecule has 0 saturated heterocycles. The van der Waals surface area contributed by atoms with E-state index in [2.05, 4.69) is 0 Å². The Morgan fingerprint density at radius 2 is 2.00 bits per heavy atom. The van der Waals surface area contributed by atoms with Crippen molar-refractivity contribution in [1.82, 2.24) is 0 Å². The second kappa shape index (κ2) is 5.59. The SMILES string of the molecule is COc1ccc(C(O)c2c(F)cccc2Cl)cc1C. The van der Waals surface area contributed by atoms with Gasteiger partial charge in [-0.05, 0) is 42.3 Å². The minimum atomic E-state index is -1.10. The van der Waals surface area contributed by atoms with Crippen LogP contribution < -0.4 is 4.74 Å². The highest BCUT2D eigenvalue weighted by Crippen LogP contribution is 2.32. The summed E-state index contributed by atoms with van der Waals surface area (Å²) in [6.45, 7) is 1.86. The molecule has 19 heavy (non-hydrogen) atoms. The van der Waals surface area contributed by atoms with Gasteiger partial charge in [-0.15, -0.1) is 0 Å². The zero-order valence-corrected chi connectivity index (χ0v) is 11.4. The van der Waals surface area contributed by atoms with Gasteiger partial charge in [0.05, 0.1) is 7.11 Å². The Morgan fingerprint density at radius 1 is 1.26 bits per heavy atom. The van der Waals surface area contributed by atoms with E-state index in [0.717, 1.165) is 11.3 Å². The van der Waals surface area contributed by atoms with Gasteiger partial charge >= 0.3 is 0 Å². The lowest BCUT2D eigenvalue weighted by atomic mass is 9.99. The number of benzene rings is 2. The standard InChI is InChI=1S/C15H14ClFO2/c1-9-8-10(6-7-13(9)19-2)15(18)14-11(16)4-3-5-12(14)17/h3-8,15,18H,1-2H3. The van der Waals surface area contributed by atoms with E-state index in [9.17, 15) is 9.50 Å². The molecule has 4 heteroatoms. The Kier molecular flexibility index (Phi) is 4.08. The summed E-state index contributed by atoms with van der Waals surface area (Å²) in [7, 11) is 1.58. The van der Waals surface area contributed by atoms with Crippen molar-refractivity contribution in [2.75, 3.05) is 7.11 Å². The topological polar surface area (TPSA) is 29.5 Å². The molecule has 0 radical (unpaired) electrons. The van der Waals surface area contributed by atoms with E-state index in [1.807, 2.05) is 6.92 Å². The van der Waals surface area contributed by atoms with E-state index in [1.165, 1.54) is 12.1 Å². The van der Waals surface area contributed by atoms with Crippen molar-refractivity contribution >= 4 is 11.6 Å². The van der Waals surface area contributed by atoms with Crippen LogP contribution in [0.2, 0.25) is 5.02 Å². The molecule has 0 aliphatic carbocycles. The highest BCUT2D eigenvalue weighted by atomic mass is 35.5. The Labute approximate surface area is 116 Å². The number of hydrogen-bond acceptors (Lipinski definition) is 2. The minimum Gasteiger partial charge on any atom is -0.496 e. The van der Waals surface area contributed by atoms with Crippen molar-refractivity contribution in [3.8, 4) is 5.75 Å². The Balaban J connectivity index is 2.44. The molecule has 2 nitrogen and oxygen atoms in total. The maximum Gasteiger partial charge on any atom is 0.130 e. The fourth-order valence-electron chi connectivity index (χ4n) is 2.01. The van der Waals surface area contributed by atoms with Crippen LogP contribution in [0.25, 0.3) is 0 Å². The van der Waals surface area contributed by atoms with Crippen LogP contribution >= 0.6 is 11.6 Å². The molecule has 1 atom stereocenters. The van der Waals surface area contributed by atoms with Gasteiger partial charge < -0.3 is 9.84 Å². The second-order valence-corrected chi connectivity index (χ2v) is 4.67. The quantitative estimate of drug-likeness (QED) is 0.924. The van der Waals surface area contributed by atoms with Crippen LogP contribution in [-0.4, -0.2) is 12.2 Å². The smallest absolute Gasteiger partial charge is 0.130 e. The average molecular weight is 281 g/mol. The van der Waals surface area contributed by atoms with Crippen LogP contribution in [0.3, 0.4) is 0 Å². The second-order valence-electron chi connectivity index (χ2n) is 4.27. The van der Waals surface area contributed by atoms with Gasteiger partial charge in [-0.25, -0.2) is 4.39 Å². The molecule has 0 fully saturated rings. The molecule has 0 aliphatic heterocycles. The van der Waals surface area contributed by atoms with Crippen LogP contribution in [0, 0.1) is 12.7 Å². The van der Waals surface area contributed by atoms with E-state index in [1.54, 1.807) is 31.4 Å². The first-order valence-electron chi connectivity index (χ1n) is 5.81. The summed E-state index contributed by atoms with van der Waals surface area (Å²) < 4.78 is 18.9. The lowest BCUT2D eigenvalue weighted by Gasteiger charge is -2.15. The van der Waals surface area contributed by atoms with Gasteiger partial charge in [0.25, 0.3) is 0 Å². The highest BCUT2D eigenvalue weighted by Gasteiger charge is 2.19. The van der Waals surface area contributed by atoms with Crippen LogP contribution in [0.15, 0.2) is 36.4 Å². The zero-order valence-electron chi connectivity index (χ0n) is 10.7. The monoisotopic (exact) mass is 280 g/mol. The van der Waals surface area contributed by atoms with Gasteiger partial charge in [0.2, 0.25) is 0 Å². The number of ether oxygens (including phenoxy) is 1. The fraction of sp³-hybridized carbons (Fsp3) is 0.200. The van der Waals surface area contributed by atoms with Crippen LogP contribution in [0.5, 0.6) is 5.75 Å². The number of aryl methyl sites for hydroxylation is 1. The summed E-state index contributed by atoms with van der Waals surface area (Å²) in [5.74, 6) is 0.198. The first kappa shape index (κ1) is 13.8. The summed E-state index contributed by atoms with van der Waals surface area (Å²) in [5.41, 5.74) is 1.53. The van der Waals surface area contributed by atoms with Gasteiger partial charge in [-0.3, -0.25) is 0 Å². The number of rotatable bonds is 3. The van der Waals surface area contributed by atoms with Crippen molar-refractivity contribution in [2.45, 2.75) is 13.0 Å². The predicted octanol–water partition coefficient (Wildman–Crippen LogP) is 3.88. The number of aliphatic hydroxyl groups excluding tert-OH is 1. The number of hydrogen-bond donors (Lipinski definition) is 1. The summed E-state index contributed by atoms with van der Waals surface area (Å²) in [6, 6.07) is 9.53. The van der Waals surface area contributed by atoms with Crippen LogP contribution in [0.1, 0.15) is 22.8 Å². The third-order valence-corrected chi connectivity index (χ3v) is 3.34. The predicted molar refractivity (Wildman–Crippen MR) is 73.2 cm³/mol. The third-order valence-electron chi connectivity index (χ3n) is 3.01. The molecule has 2 aromatic rings. The Hall–Kier alpha value is -1.58. The van der Waals surface area contributed by atoms with Crippen molar-refractivity contribution in [3.05, 3.63) is 63.9 Å². The Bertz CT molecular complexity index is 578. The number of halogens is 2. The molecule has 1 unspecified atom stereocenters. The van der Waals surface area contributed by atoms with Crippen molar-refractivity contribution in [3.63, 3.8) is 0 Å². The molecule has 0 saturated carbocycles. The summed E-state index contributed by atoms with van der Waals surface area (Å²) >= 11 is 5.95. The highest BCUT2D eigenvalue weighted by molar-refractivity contribution is 6.31. The van der Waals surface area contributed by atoms with E-state index in [0.29, 0.717) is 5.56 Å². The van der Waals surface area contributed by atoms with E-state index in [-0.39, 0.29) is 10.6 Å². The van der Waals surface area contributed by atoms with Gasteiger partial charge in [-0.2, -0.15) is 0 Å². The molecule has 2 aromatic carbocycles. The zero-order chi connectivity index (χ0) is 14.0. The first-order valence-corrected chi connectivity index (χ1v) is 6.19. The molecule has 0 spiro atoms.